The van der Waals surface area contributed by atoms with E-state index in [4.69, 9.17) is 4.74 Å². The fourth-order valence-corrected chi connectivity index (χ4v) is 5.14. The normalized spacial score (nSPS) is 21.8. The van der Waals surface area contributed by atoms with Crippen molar-refractivity contribution < 1.29 is 14.3 Å². The minimum atomic E-state index is -0.621. The van der Waals surface area contributed by atoms with Crippen molar-refractivity contribution in [2.24, 2.45) is 0 Å². The van der Waals surface area contributed by atoms with Gasteiger partial charge in [0.15, 0.2) is 0 Å². The number of carbonyl (C=O) groups is 2. The summed E-state index contributed by atoms with van der Waals surface area (Å²) < 4.78 is 5.56. The number of nitrogens with one attached hydrogen (secondary N) is 2. The Morgan fingerprint density at radius 2 is 2.19 bits per heavy atom. The van der Waals surface area contributed by atoms with Crippen LogP contribution in [0.3, 0.4) is 0 Å². The molecule has 0 radical (unpaired) electrons. The van der Waals surface area contributed by atoms with Gasteiger partial charge in [-0.25, -0.2) is 0 Å². The van der Waals surface area contributed by atoms with Gasteiger partial charge in [0, 0.05) is 36.4 Å². The van der Waals surface area contributed by atoms with Crippen molar-refractivity contribution in [1.29, 1.82) is 5.26 Å². The van der Waals surface area contributed by atoms with Crippen molar-refractivity contribution in [1.82, 2.24) is 15.5 Å². The smallest absolute Gasteiger partial charge is 0.255 e. The molecule has 1 unspecified atom stereocenters. The Hall–Kier alpha value is -2.73. The summed E-state index contributed by atoms with van der Waals surface area (Å²) in [6.07, 6.45) is 0.726. The molecular weight excluding hydrogens is 412 g/mol. The average Bonchev–Trinajstić information content (AvgIpc) is 3.14. The summed E-state index contributed by atoms with van der Waals surface area (Å²) in [7, 11) is 1.83. The van der Waals surface area contributed by atoms with Crippen molar-refractivity contribution in [3.63, 3.8) is 0 Å². The van der Waals surface area contributed by atoms with Crippen LogP contribution in [0.4, 0.5) is 0 Å². The van der Waals surface area contributed by atoms with Gasteiger partial charge in [0.05, 0.1) is 17.7 Å². The molecule has 3 heterocycles. The van der Waals surface area contributed by atoms with E-state index < -0.39 is 12.1 Å². The molecule has 2 aliphatic rings. The Morgan fingerprint density at radius 3 is 2.90 bits per heavy atom. The molecule has 1 fully saturated rings. The molecule has 2 N–H and O–H groups in total. The maximum atomic E-state index is 12.4. The van der Waals surface area contributed by atoms with E-state index in [1.165, 1.54) is 0 Å². The second kappa shape index (κ2) is 9.18. The first kappa shape index (κ1) is 21.5. The number of carbonyl (C=O) groups excluding carboxylic acids is 2. The summed E-state index contributed by atoms with van der Waals surface area (Å²) in [5.74, 6) is -0.184. The summed E-state index contributed by atoms with van der Waals surface area (Å²) in [6.45, 7) is 3.87. The zero-order valence-corrected chi connectivity index (χ0v) is 18.5. The lowest BCUT2D eigenvalue weighted by molar-refractivity contribution is -0.132. The van der Waals surface area contributed by atoms with Gasteiger partial charge in [0.25, 0.3) is 11.8 Å². The van der Waals surface area contributed by atoms with Crippen LogP contribution in [0.2, 0.25) is 0 Å². The molecule has 0 bridgehead atoms. The molecule has 4 rings (SSSR count). The van der Waals surface area contributed by atoms with Gasteiger partial charge in [-0.1, -0.05) is 24.3 Å². The van der Waals surface area contributed by atoms with Crippen molar-refractivity contribution in [2.45, 2.75) is 38.0 Å². The van der Waals surface area contributed by atoms with Crippen molar-refractivity contribution >= 4 is 23.2 Å². The molecule has 1 aromatic heterocycles. The first-order chi connectivity index (χ1) is 15.0. The van der Waals surface area contributed by atoms with Crippen LogP contribution in [0, 0.1) is 11.3 Å². The second-order valence-electron chi connectivity index (χ2n) is 7.99. The monoisotopic (exact) mass is 438 g/mol. The Bertz CT molecular complexity index is 1000. The quantitative estimate of drug-likeness (QED) is 0.748. The average molecular weight is 439 g/mol. The fraction of sp³-hybridized carbons (Fsp3) is 0.435. The van der Waals surface area contributed by atoms with Crippen LogP contribution < -0.4 is 10.6 Å². The number of rotatable bonds is 5. The van der Waals surface area contributed by atoms with Gasteiger partial charge < -0.3 is 20.3 Å². The van der Waals surface area contributed by atoms with E-state index in [0.29, 0.717) is 19.6 Å². The third kappa shape index (κ3) is 4.49. The van der Waals surface area contributed by atoms with Crippen molar-refractivity contribution in [2.75, 3.05) is 26.7 Å². The van der Waals surface area contributed by atoms with E-state index in [1.54, 1.807) is 16.2 Å². The molecule has 162 valence electrons. The minimum absolute atomic E-state index is 0.0714. The van der Waals surface area contributed by atoms with E-state index in [9.17, 15) is 14.9 Å². The molecule has 3 atom stereocenters. The van der Waals surface area contributed by atoms with E-state index in [1.807, 2.05) is 44.3 Å². The second-order valence-corrected chi connectivity index (χ2v) is 9.07. The number of fused-ring (bicyclic) bond motifs is 1. The summed E-state index contributed by atoms with van der Waals surface area (Å²) >= 11 is 1.65. The summed E-state index contributed by atoms with van der Waals surface area (Å²) in [5.41, 5.74) is 2.80. The first-order valence-corrected chi connectivity index (χ1v) is 11.3. The Kier molecular flexibility index (Phi) is 6.37. The molecule has 0 saturated carbocycles. The summed E-state index contributed by atoms with van der Waals surface area (Å²) in [5, 5.41) is 15.5. The first-order valence-electron chi connectivity index (χ1n) is 10.5. The predicted octanol–water partition coefficient (Wildman–Crippen LogP) is 2.49. The van der Waals surface area contributed by atoms with Crippen LogP contribution >= 0.6 is 11.3 Å². The topological polar surface area (TPSA) is 94.5 Å². The molecule has 2 aliphatic heterocycles. The van der Waals surface area contributed by atoms with Crippen LogP contribution in [0.25, 0.3) is 10.4 Å². The zero-order chi connectivity index (χ0) is 22.0. The fourth-order valence-electron chi connectivity index (χ4n) is 3.88. The van der Waals surface area contributed by atoms with Gasteiger partial charge >= 0.3 is 0 Å². The van der Waals surface area contributed by atoms with Crippen LogP contribution in [-0.2, 0) is 16.0 Å². The highest BCUT2D eigenvalue weighted by Gasteiger charge is 2.33. The van der Waals surface area contributed by atoms with Crippen LogP contribution in [0.15, 0.2) is 30.3 Å². The zero-order valence-electron chi connectivity index (χ0n) is 17.7. The molecule has 31 heavy (non-hydrogen) atoms. The molecular formula is C23H26N4O3S. The van der Waals surface area contributed by atoms with Crippen molar-refractivity contribution in [3.05, 3.63) is 46.3 Å². The van der Waals surface area contributed by atoms with Crippen molar-refractivity contribution in [3.8, 4) is 16.5 Å². The van der Waals surface area contributed by atoms with E-state index in [-0.39, 0.29) is 17.9 Å². The maximum Gasteiger partial charge on any atom is 0.255 e. The largest absolute Gasteiger partial charge is 0.367 e. The van der Waals surface area contributed by atoms with Gasteiger partial charge in [0.2, 0.25) is 0 Å². The van der Waals surface area contributed by atoms with Gasteiger partial charge in [-0.2, -0.15) is 5.26 Å². The number of ether oxygens (including phenoxy) is 1. The highest BCUT2D eigenvalue weighted by Crippen LogP contribution is 2.41. The molecule has 0 spiro atoms. The number of hydrogen-bond donors (Lipinski definition) is 2. The SMILES string of the molecule is CC1c2sc(-c3ccc(C[C@@H](C#N)NC(=O)[C@@H]4CNCCCO4)cc3)cc2C(=O)N1C. The maximum absolute atomic E-state index is 12.4. The minimum Gasteiger partial charge on any atom is -0.367 e. The molecule has 0 aliphatic carbocycles. The van der Waals surface area contributed by atoms with Gasteiger partial charge in [-0.3, -0.25) is 9.59 Å². The molecule has 1 saturated heterocycles. The molecule has 2 amide bonds. The molecule has 8 heteroatoms. The van der Waals surface area contributed by atoms with Crippen LogP contribution in [0.1, 0.15) is 40.2 Å². The van der Waals surface area contributed by atoms with E-state index in [2.05, 4.69) is 16.7 Å². The van der Waals surface area contributed by atoms with Gasteiger partial charge in [-0.05, 0) is 37.1 Å². The standard InChI is InChI=1S/C23H26N4O3S/c1-14-21-18(23(29)27(14)2)11-20(31-21)16-6-4-15(5-7-16)10-17(12-24)26-22(28)19-13-25-8-3-9-30-19/h4-7,11,14,17,19,25H,3,8-10,13H2,1-2H3,(H,26,28)/t14?,17-,19-/m0/s1. The number of nitriles is 1. The highest BCUT2D eigenvalue weighted by molar-refractivity contribution is 7.16. The molecule has 2 aromatic rings. The van der Waals surface area contributed by atoms with E-state index in [0.717, 1.165) is 39.4 Å². The van der Waals surface area contributed by atoms with Crippen LogP contribution in [-0.4, -0.2) is 55.6 Å². The number of nitrogens with zero attached hydrogens (tertiary/aromatic N) is 2. The third-order valence-corrected chi connectivity index (χ3v) is 7.22. The molecule has 1 aromatic carbocycles. The Labute approximate surface area is 186 Å². The predicted molar refractivity (Wildman–Crippen MR) is 119 cm³/mol. The lowest BCUT2D eigenvalue weighted by Gasteiger charge is -2.18. The summed E-state index contributed by atoms with van der Waals surface area (Å²) in [4.78, 5) is 28.7. The Balaban J connectivity index is 1.40. The number of benzene rings is 1. The molecule has 7 nitrogen and oxygen atoms in total. The Morgan fingerprint density at radius 1 is 1.42 bits per heavy atom. The lowest BCUT2D eigenvalue weighted by atomic mass is 10.0. The number of hydrogen-bond acceptors (Lipinski definition) is 6. The van der Waals surface area contributed by atoms with Gasteiger partial charge in [-0.15, -0.1) is 11.3 Å². The highest BCUT2D eigenvalue weighted by atomic mass is 32.1. The lowest BCUT2D eigenvalue weighted by Crippen LogP contribution is -2.46. The third-order valence-electron chi connectivity index (χ3n) is 5.86. The van der Waals surface area contributed by atoms with Crippen LogP contribution in [0.5, 0.6) is 0 Å². The van der Waals surface area contributed by atoms with E-state index >= 15 is 0 Å². The number of amides is 2. The van der Waals surface area contributed by atoms with Gasteiger partial charge in [0.1, 0.15) is 12.1 Å². The summed E-state index contributed by atoms with van der Waals surface area (Å²) in [6, 6.07) is 11.6. The number of thiophene rings is 1.